The number of anilines is 1. The average Bonchev–Trinajstić information content (AvgIpc) is 3.28. The fourth-order valence-corrected chi connectivity index (χ4v) is 4.07. The molecule has 4 aromatic rings. The second kappa shape index (κ2) is 6.84. The van der Waals surface area contributed by atoms with Gasteiger partial charge in [-0.3, -0.25) is 14.5 Å². The predicted molar refractivity (Wildman–Crippen MR) is 119 cm³/mol. The van der Waals surface area contributed by atoms with E-state index in [9.17, 15) is 4.79 Å². The van der Waals surface area contributed by atoms with Gasteiger partial charge >= 0.3 is 0 Å². The SMILES string of the molecule is C=C(CN1Cc2c(cc(N)cc2-c2ccc3cnn(C)c3c2)C1=O)c1ccccn1. The van der Waals surface area contributed by atoms with Crippen LogP contribution < -0.4 is 5.73 Å². The second-order valence-electron chi connectivity index (χ2n) is 7.62. The zero-order valence-electron chi connectivity index (χ0n) is 16.7. The Morgan fingerprint density at radius 3 is 2.80 bits per heavy atom. The van der Waals surface area contributed by atoms with E-state index < -0.39 is 0 Å². The molecule has 0 saturated heterocycles. The molecule has 6 nitrogen and oxygen atoms in total. The number of hydrogen-bond donors (Lipinski definition) is 1. The predicted octanol–water partition coefficient (Wildman–Crippen LogP) is 3.89. The van der Waals surface area contributed by atoms with E-state index in [1.165, 1.54) is 0 Å². The van der Waals surface area contributed by atoms with Crippen molar-refractivity contribution in [3.8, 4) is 11.1 Å². The summed E-state index contributed by atoms with van der Waals surface area (Å²) in [5, 5.41) is 5.40. The lowest BCUT2D eigenvalue weighted by atomic mass is 9.95. The Balaban J connectivity index is 1.52. The molecule has 6 heteroatoms. The monoisotopic (exact) mass is 395 g/mol. The number of hydrogen-bond acceptors (Lipinski definition) is 4. The third-order valence-corrected chi connectivity index (χ3v) is 5.61. The molecule has 0 unspecified atom stereocenters. The van der Waals surface area contributed by atoms with Crippen molar-refractivity contribution in [1.82, 2.24) is 19.7 Å². The molecule has 0 bridgehead atoms. The maximum atomic E-state index is 13.1. The number of nitrogens with two attached hydrogens (primary N) is 1. The van der Waals surface area contributed by atoms with Gasteiger partial charge in [-0.1, -0.05) is 24.8 Å². The minimum Gasteiger partial charge on any atom is -0.399 e. The zero-order chi connectivity index (χ0) is 20.8. The van der Waals surface area contributed by atoms with Gasteiger partial charge in [0.25, 0.3) is 5.91 Å². The molecule has 2 N–H and O–H groups in total. The van der Waals surface area contributed by atoms with Crippen LogP contribution in [-0.2, 0) is 13.6 Å². The topological polar surface area (TPSA) is 77.0 Å². The molecule has 1 aliphatic rings. The van der Waals surface area contributed by atoms with E-state index in [1.54, 1.807) is 17.2 Å². The highest BCUT2D eigenvalue weighted by molar-refractivity contribution is 6.02. The van der Waals surface area contributed by atoms with Gasteiger partial charge in [0.2, 0.25) is 0 Å². The summed E-state index contributed by atoms with van der Waals surface area (Å²) >= 11 is 0. The zero-order valence-corrected chi connectivity index (χ0v) is 16.7. The standard InChI is InChI=1S/C24H21N5O/c1-15(22-5-3-4-8-26-22)13-29-14-21-19(10-18(25)11-20(21)24(29)30)16-6-7-17-12-27-28(2)23(17)9-16/h3-12H,1,13-14,25H2,2H3. The summed E-state index contributed by atoms with van der Waals surface area (Å²) in [5.41, 5.74) is 13.0. The maximum Gasteiger partial charge on any atom is 0.254 e. The summed E-state index contributed by atoms with van der Waals surface area (Å²) in [6, 6.07) is 15.6. The van der Waals surface area contributed by atoms with Gasteiger partial charge in [-0.15, -0.1) is 0 Å². The first-order valence-electron chi connectivity index (χ1n) is 9.74. The van der Waals surface area contributed by atoms with E-state index in [4.69, 9.17) is 5.73 Å². The number of rotatable bonds is 4. The van der Waals surface area contributed by atoms with Crippen LogP contribution in [-0.4, -0.2) is 32.1 Å². The van der Waals surface area contributed by atoms with E-state index in [0.717, 1.165) is 38.9 Å². The summed E-state index contributed by atoms with van der Waals surface area (Å²) in [6.07, 6.45) is 3.58. The van der Waals surface area contributed by atoms with Crippen LogP contribution in [0.25, 0.3) is 27.6 Å². The fraction of sp³-hybridized carbons (Fsp3) is 0.125. The lowest BCUT2D eigenvalue weighted by Crippen LogP contribution is -2.25. The normalized spacial score (nSPS) is 13.1. The van der Waals surface area contributed by atoms with Crippen LogP contribution in [0.1, 0.15) is 21.6 Å². The number of carbonyl (C=O) groups is 1. The van der Waals surface area contributed by atoms with Gasteiger partial charge in [-0.2, -0.15) is 5.10 Å². The minimum absolute atomic E-state index is 0.0303. The molecular formula is C24H21N5O. The van der Waals surface area contributed by atoms with Crippen molar-refractivity contribution in [2.75, 3.05) is 12.3 Å². The van der Waals surface area contributed by atoms with Crippen molar-refractivity contribution >= 4 is 28.1 Å². The van der Waals surface area contributed by atoms with Crippen molar-refractivity contribution in [1.29, 1.82) is 0 Å². The van der Waals surface area contributed by atoms with E-state index in [0.29, 0.717) is 24.3 Å². The molecule has 3 heterocycles. The first-order valence-corrected chi connectivity index (χ1v) is 9.74. The van der Waals surface area contributed by atoms with Crippen LogP contribution in [0.2, 0.25) is 0 Å². The highest BCUT2D eigenvalue weighted by Gasteiger charge is 2.30. The van der Waals surface area contributed by atoms with Crippen LogP contribution in [0.5, 0.6) is 0 Å². The third-order valence-electron chi connectivity index (χ3n) is 5.61. The minimum atomic E-state index is -0.0303. The van der Waals surface area contributed by atoms with Gasteiger partial charge in [0.15, 0.2) is 0 Å². The third kappa shape index (κ3) is 2.93. The molecule has 0 aliphatic carbocycles. The van der Waals surface area contributed by atoms with Gasteiger partial charge in [-0.05, 0) is 52.6 Å². The molecule has 2 aromatic heterocycles. The number of nitrogens with zero attached hydrogens (tertiary/aromatic N) is 4. The molecule has 2 aromatic carbocycles. The molecule has 0 fully saturated rings. The van der Waals surface area contributed by atoms with Gasteiger partial charge in [0, 0.05) is 43.0 Å². The number of fused-ring (bicyclic) bond motifs is 2. The molecule has 0 spiro atoms. The molecule has 5 rings (SSSR count). The Hall–Kier alpha value is -3.93. The summed E-state index contributed by atoms with van der Waals surface area (Å²) in [4.78, 5) is 19.3. The molecule has 1 aliphatic heterocycles. The first-order chi connectivity index (χ1) is 14.5. The van der Waals surface area contributed by atoms with Gasteiger partial charge < -0.3 is 10.6 Å². The van der Waals surface area contributed by atoms with Crippen molar-refractivity contribution in [2.45, 2.75) is 6.54 Å². The van der Waals surface area contributed by atoms with Gasteiger partial charge in [-0.25, -0.2) is 0 Å². The fourth-order valence-electron chi connectivity index (χ4n) is 4.07. The molecular weight excluding hydrogens is 374 g/mol. The first kappa shape index (κ1) is 18.1. The largest absolute Gasteiger partial charge is 0.399 e. The lowest BCUT2D eigenvalue weighted by Gasteiger charge is -2.17. The van der Waals surface area contributed by atoms with E-state index in [2.05, 4.69) is 28.8 Å². The quantitative estimate of drug-likeness (QED) is 0.532. The number of amides is 1. The molecule has 0 saturated carbocycles. The summed E-state index contributed by atoms with van der Waals surface area (Å²) in [7, 11) is 1.92. The number of nitrogen functional groups attached to an aromatic ring is 1. The number of carbonyl (C=O) groups excluding carboxylic acids is 1. The van der Waals surface area contributed by atoms with Crippen LogP contribution in [0.3, 0.4) is 0 Å². The highest BCUT2D eigenvalue weighted by atomic mass is 16.2. The Kier molecular flexibility index (Phi) is 4.13. The molecule has 30 heavy (non-hydrogen) atoms. The number of benzene rings is 2. The van der Waals surface area contributed by atoms with Crippen molar-refractivity contribution in [3.63, 3.8) is 0 Å². The smallest absolute Gasteiger partial charge is 0.254 e. The van der Waals surface area contributed by atoms with Crippen molar-refractivity contribution < 1.29 is 4.79 Å². The number of aryl methyl sites for hydroxylation is 1. The van der Waals surface area contributed by atoms with E-state index in [-0.39, 0.29) is 5.91 Å². The van der Waals surface area contributed by atoms with Gasteiger partial charge in [0.1, 0.15) is 0 Å². The second-order valence-corrected chi connectivity index (χ2v) is 7.62. The van der Waals surface area contributed by atoms with Crippen LogP contribution in [0, 0.1) is 0 Å². The number of pyridine rings is 1. The Morgan fingerprint density at radius 2 is 2.00 bits per heavy atom. The van der Waals surface area contributed by atoms with Crippen molar-refractivity contribution in [2.24, 2.45) is 7.05 Å². The molecule has 0 radical (unpaired) electrons. The Labute approximate surface area is 174 Å². The van der Waals surface area contributed by atoms with Crippen LogP contribution >= 0.6 is 0 Å². The summed E-state index contributed by atoms with van der Waals surface area (Å²) in [6.45, 7) is 5.07. The summed E-state index contributed by atoms with van der Waals surface area (Å²) in [5.74, 6) is -0.0303. The number of aromatic nitrogens is 3. The van der Waals surface area contributed by atoms with Gasteiger partial charge in [0.05, 0.1) is 17.4 Å². The maximum absolute atomic E-state index is 13.1. The van der Waals surface area contributed by atoms with Crippen LogP contribution in [0.4, 0.5) is 5.69 Å². The lowest BCUT2D eigenvalue weighted by molar-refractivity contribution is 0.0799. The van der Waals surface area contributed by atoms with Crippen molar-refractivity contribution in [3.05, 3.63) is 84.3 Å². The summed E-state index contributed by atoms with van der Waals surface area (Å²) < 4.78 is 1.85. The van der Waals surface area contributed by atoms with E-state index >= 15 is 0 Å². The Morgan fingerprint density at radius 1 is 1.17 bits per heavy atom. The van der Waals surface area contributed by atoms with Crippen LogP contribution in [0.15, 0.2) is 67.5 Å². The highest BCUT2D eigenvalue weighted by Crippen LogP contribution is 2.36. The van der Waals surface area contributed by atoms with E-state index in [1.807, 2.05) is 48.3 Å². The average molecular weight is 395 g/mol. The molecule has 0 atom stereocenters. The molecule has 148 valence electrons. The Bertz CT molecular complexity index is 1310. The molecule has 1 amide bonds.